The number of ether oxygens (including phenoxy) is 1. The van der Waals surface area contributed by atoms with Crippen molar-refractivity contribution < 1.29 is 4.74 Å². The van der Waals surface area contributed by atoms with Crippen LogP contribution in [-0.4, -0.2) is 53.3 Å². The zero-order valence-electron chi connectivity index (χ0n) is 14.8. The summed E-state index contributed by atoms with van der Waals surface area (Å²) in [6, 6.07) is 11.1. The number of nitrogens with zero attached hydrogens (tertiary/aromatic N) is 4. The van der Waals surface area contributed by atoms with Crippen LogP contribution in [0, 0.1) is 0 Å². The van der Waals surface area contributed by atoms with Gasteiger partial charge in [0, 0.05) is 50.3 Å². The Kier molecular flexibility index (Phi) is 4.68. The minimum absolute atomic E-state index is 0.0669. The number of piperidine rings is 1. The Morgan fingerprint density at radius 1 is 1.16 bits per heavy atom. The van der Waals surface area contributed by atoms with Crippen molar-refractivity contribution in [2.45, 2.75) is 37.5 Å². The lowest BCUT2D eigenvalue weighted by Crippen LogP contribution is -2.44. The summed E-state index contributed by atoms with van der Waals surface area (Å²) >= 11 is 0. The Hall–Kier alpha value is -1.98. The van der Waals surface area contributed by atoms with Gasteiger partial charge >= 0.3 is 0 Å². The van der Waals surface area contributed by atoms with E-state index in [-0.39, 0.29) is 5.60 Å². The largest absolute Gasteiger partial charge is 0.373 e. The molecule has 25 heavy (non-hydrogen) atoms. The number of aromatic nitrogens is 2. The van der Waals surface area contributed by atoms with Crippen LogP contribution < -0.4 is 4.90 Å². The zero-order valence-corrected chi connectivity index (χ0v) is 14.8. The number of hydrogen-bond acceptors (Lipinski definition) is 5. The van der Waals surface area contributed by atoms with Crippen molar-refractivity contribution in [2.75, 3.05) is 31.6 Å². The molecule has 2 saturated heterocycles. The molecule has 2 aliphatic rings. The molecule has 1 unspecified atom stereocenters. The third-order valence-corrected chi connectivity index (χ3v) is 5.69. The molecule has 1 spiro atoms. The van der Waals surface area contributed by atoms with Gasteiger partial charge < -0.3 is 9.64 Å². The Morgan fingerprint density at radius 2 is 1.88 bits per heavy atom. The fourth-order valence-corrected chi connectivity index (χ4v) is 4.08. The molecule has 0 amide bonds. The summed E-state index contributed by atoms with van der Waals surface area (Å²) in [5.41, 5.74) is 2.53. The van der Waals surface area contributed by atoms with E-state index < -0.39 is 0 Å². The summed E-state index contributed by atoms with van der Waals surface area (Å²) in [5, 5.41) is 0. The number of rotatable bonds is 4. The summed E-state index contributed by atoms with van der Waals surface area (Å²) in [6.07, 6.45) is 8.76. The Labute approximate surface area is 149 Å². The van der Waals surface area contributed by atoms with Gasteiger partial charge in [0.15, 0.2) is 0 Å². The fourth-order valence-electron chi connectivity index (χ4n) is 4.08. The molecule has 0 saturated carbocycles. The minimum Gasteiger partial charge on any atom is -0.373 e. The summed E-state index contributed by atoms with van der Waals surface area (Å²) in [4.78, 5) is 13.1. The van der Waals surface area contributed by atoms with Gasteiger partial charge in [-0.2, -0.15) is 0 Å². The third-order valence-electron chi connectivity index (χ3n) is 5.69. The van der Waals surface area contributed by atoms with Crippen LogP contribution in [0.1, 0.15) is 24.8 Å². The molecule has 2 aliphatic heterocycles. The number of para-hydroxylation sites is 1. The summed E-state index contributed by atoms with van der Waals surface area (Å²) < 4.78 is 6.34. The number of anilines is 1. The summed E-state index contributed by atoms with van der Waals surface area (Å²) in [5.74, 6) is 0. The van der Waals surface area contributed by atoms with E-state index >= 15 is 0 Å². The first kappa shape index (κ1) is 16.5. The number of likely N-dealkylation sites (tertiary alicyclic amines) is 1. The second kappa shape index (κ2) is 7.10. The maximum Gasteiger partial charge on any atom is 0.115 e. The lowest BCUT2D eigenvalue weighted by atomic mass is 9.87. The van der Waals surface area contributed by atoms with Crippen molar-refractivity contribution in [3.63, 3.8) is 0 Å². The number of benzene rings is 1. The van der Waals surface area contributed by atoms with Gasteiger partial charge in [0.1, 0.15) is 6.33 Å². The van der Waals surface area contributed by atoms with E-state index in [1.807, 2.05) is 12.4 Å². The second-order valence-electron chi connectivity index (χ2n) is 7.32. The quantitative estimate of drug-likeness (QED) is 0.857. The molecule has 3 heterocycles. The molecule has 1 atom stereocenters. The Bertz CT molecular complexity index is 671. The third kappa shape index (κ3) is 3.67. The van der Waals surface area contributed by atoms with Crippen molar-refractivity contribution >= 4 is 5.69 Å². The highest BCUT2D eigenvalue weighted by atomic mass is 16.5. The van der Waals surface area contributed by atoms with Crippen LogP contribution in [0.5, 0.6) is 0 Å². The van der Waals surface area contributed by atoms with E-state index in [9.17, 15) is 0 Å². The number of hydrogen-bond donors (Lipinski definition) is 0. The van der Waals surface area contributed by atoms with Crippen LogP contribution >= 0.6 is 0 Å². The lowest BCUT2D eigenvalue weighted by molar-refractivity contribution is -0.0448. The SMILES string of the molecule is CN(c1ccccc1)C1COC2(CCN(Cc3cncnc3)CC2)C1. The van der Waals surface area contributed by atoms with Crippen LogP contribution in [0.25, 0.3) is 0 Å². The van der Waals surface area contributed by atoms with Gasteiger partial charge in [0.25, 0.3) is 0 Å². The van der Waals surface area contributed by atoms with Crippen LogP contribution in [0.2, 0.25) is 0 Å². The highest BCUT2D eigenvalue weighted by Gasteiger charge is 2.43. The first-order valence-electron chi connectivity index (χ1n) is 9.12. The highest BCUT2D eigenvalue weighted by molar-refractivity contribution is 5.46. The average molecular weight is 338 g/mol. The standard InChI is InChI=1S/C20H26N4O/c1-23(18-5-3-2-4-6-18)19-11-20(25-15-19)7-9-24(10-8-20)14-17-12-21-16-22-13-17/h2-6,12-13,16,19H,7-11,14-15H2,1H3. The first-order chi connectivity index (χ1) is 12.2. The van der Waals surface area contributed by atoms with Crippen LogP contribution in [0.3, 0.4) is 0 Å². The van der Waals surface area contributed by atoms with Crippen molar-refractivity contribution in [2.24, 2.45) is 0 Å². The van der Waals surface area contributed by atoms with E-state index in [1.54, 1.807) is 6.33 Å². The molecule has 2 aromatic rings. The monoisotopic (exact) mass is 338 g/mol. The van der Waals surface area contributed by atoms with Crippen LogP contribution in [0.4, 0.5) is 5.69 Å². The molecular formula is C20H26N4O. The molecule has 2 fully saturated rings. The lowest BCUT2D eigenvalue weighted by Gasteiger charge is -2.39. The molecule has 0 radical (unpaired) electrons. The van der Waals surface area contributed by atoms with E-state index in [1.165, 1.54) is 11.3 Å². The van der Waals surface area contributed by atoms with Crippen LogP contribution in [0.15, 0.2) is 49.1 Å². The molecule has 132 valence electrons. The van der Waals surface area contributed by atoms with Gasteiger partial charge in [-0.25, -0.2) is 9.97 Å². The number of likely N-dealkylation sites (N-methyl/N-ethyl adjacent to an activating group) is 1. The Morgan fingerprint density at radius 3 is 2.60 bits per heavy atom. The first-order valence-corrected chi connectivity index (χ1v) is 9.12. The smallest absolute Gasteiger partial charge is 0.115 e. The normalized spacial score (nSPS) is 23.0. The zero-order chi connectivity index (χ0) is 17.1. The van der Waals surface area contributed by atoms with Gasteiger partial charge in [-0.1, -0.05) is 18.2 Å². The van der Waals surface area contributed by atoms with Crippen molar-refractivity contribution in [1.82, 2.24) is 14.9 Å². The second-order valence-corrected chi connectivity index (χ2v) is 7.32. The maximum absolute atomic E-state index is 6.34. The molecule has 0 N–H and O–H groups in total. The maximum atomic E-state index is 6.34. The van der Waals surface area contributed by atoms with E-state index in [2.05, 4.69) is 57.1 Å². The summed E-state index contributed by atoms with van der Waals surface area (Å²) in [7, 11) is 2.19. The van der Waals surface area contributed by atoms with E-state index in [0.717, 1.165) is 45.5 Å². The van der Waals surface area contributed by atoms with Gasteiger partial charge in [-0.05, 0) is 31.4 Å². The average Bonchev–Trinajstić information content (AvgIpc) is 3.09. The molecule has 0 bridgehead atoms. The van der Waals surface area contributed by atoms with Gasteiger partial charge in [-0.15, -0.1) is 0 Å². The van der Waals surface area contributed by atoms with Crippen molar-refractivity contribution in [3.05, 3.63) is 54.6 Å². The molecule has 4 rings (SSSR count). The predicted molar refractivity (Wildman–Crippen MR) is 98.5 cm³/mol. The molecule has 0 aliphatic carbocycles. The molecule has 5 heteroatoms. The van der Waals surface area contributed by atoms with Gasteiger partial charge in [0.2, 0.25) is 0 Å². The minimum atomic E-state index is 0.0669. The fraction of sp³-hybridized carbons (Fsp3) is 0.500. The topological polar surface area (TPSA) is 41.5 Å². The van der Waals surface area contributed by atoms with Crippen molar-refractivity contribution in [3.8, 4) is 0 Å². The molecule has 1 aromatic heterocycles. The van der Waals surface area contributed by atoms with Gasteiger partial charge in [0.05, 0.1) is 18.2 Å². The molecular weight excluding hydrogens is 312 g/mol. The predicted octanol–water partition coefficient (Wildman–Crippen LogP) is 2.74. The van der Waals surface area contributed by atoms with Crippen molar-refractivity contribution in [1.29, 1.82) is 0 Å². The molecule has 1 aromatic carbocycles. The van der Waals surface area contributed by atoms with E-state index in [4.69, 9.17) is 4.74 Å². The molecule has 5 nitrogen and oxygen atoms in total. The Balaban J connectivity index is 1.33. The van der Waals surface area contributed by atoms with E-state index in [0.29, 0.717) is 6.04 Å². The highest BCUT2D eigenvalue weighted by Crippen LogP contribution is 2.38. The van der Waals surface area contributed by atoms with Gasteiger partial charge in [-0.3, -0.25) is 4.90 Å². The summed E-state index contributed by atoms with van der Waals surface area (Å²) in [6.45, 7) is 3.93. The van der Waals surface area contributed by atoms with Crippen LogP contribution in [-0.2, 0) is 11.3 Å².